The van der Waals surface area contributed by atoms with E-state index in [1.807, 2.05) is 30.9 Å². The van der Waals surface area contributed by atoms with Crippen LogP contribution in [0.5, 0.6) is 5.75 Å². The topological polar surface area (TPSA) is 63.7 Å². The molecule has 24 heavy (non-hydrogen) atoms. The molecule has 1 aromatic carbocycles. The quantitative estimate of drug-likeness (QED) is 0.705. The second kappa shape index (κ2) is 7.55. The molecule has 0 spiro atoms. The molecule has 0 atom stereocenters. The molecule has 1 aliphatic carbocycles. The summed E-state index contributed by atoms with van der Waals surface area (Å²) in [4.78, 5) is 14.5. The van der Waals surface area contributed by atoms with Gasteiger partial charge in [0.05, 0.1) is 5.25 Å². The molecule has 0 aromatic heterocycles. The second-order valence-electron chi connectivity index (χ2n) is 6.92. The second-order valence-corrected chi connectivity index (χ2v) is 9.02. The van der Waals surface area contributed by atoms with E-state index in [1.165, 1.54) is 0 Å². The fraction of sp³-hybridized carbons (Fsp3) is 0.611. The van der Waals surface area contributed by atoms with Crippen LogP contribution in [0.25, 0.3) is 0 Å². The Morgan fingerprint density at radius 2 is 1.83 bits per heavy atom. The highest BCUT2D eigenvalue weighted by Crippen LogP contribution is 2.31. The molecule has 1 amide bonds. The number of benzene rings is 1. The van der Waals surface area contributed by atoms with Gasteiger partial charge in [0.1, 0.15) is 5.75 Å². The zero-order valence-corrected chi connectivity index (χ0v) is 15.7. The van der Waals surface area contributed by atoms with Gasteiger partial charge < -0.3 is 9.08 Å². The highest BCUT2D eigenvalue weighted by molar-refractivity contribution is 7.87. The van der Waals surface area contributed by atoms with Crippen molar-refractivity contribution in [3.05, 3.63) is 29.8 Å². The summed E-state index contributed by atoms with van der Waals surface area (Å²) in [7, 11) is -3.66. The van der Waals surface area contributed by atoms with Crippen LogP contribution in [0.3, 0.4) is 0 Å². The third-order valence-electron chi connectivity index (χ3n) is 4.46. The van der Waals surface area contributed by atoms with E-state index in [0.29, 0.717) is 17.9 Å². The maximum atomic E-state index is 12.6. The van der Waals surface area contributed by atoms with Crippen LogP contribution >= 0.6 is 0 Å². The Kier molecular flexibility index (Phi) is 5.91. The molecule has 0 unspecified atom stereocenters. The normalized spacial score (nSPS) is 15.4. The maximum Gasteiger partial charge on any atom is 0.311 e. The van der Waals surface area contributed by atoms with Gasteiger partial charge in [0.2, 0.25) is 5.91 Å². The maximum absolute atomic E-state index is 12.6. The van der Waals surface area contributed by atoms with Gasteiger partial charge in [-0.2, -0.15) is 8.42 Å². The highest BCUT2D eigenvalue weighted by atomic mass is 32.2. The van der Waals surface area contributed by atoms with Crippen molar-refractivity contribution < 1.29 is 17.4 Å². The molecule has 1 saturated carbocycles. The minimum absolute atomic E-state index is 0.0489. The van der Waals surface area contributed by atoms with Gasteiger partial charge in [-0.25, -0.2) is 0 Å². The summed E-state index contributed by atoms with van der Waals surface area (Å²) in [5.74, 6) is 0.566. The van der Waals surface area contributed by atoms with Crippen molar-refractivity contribution in [2.45, 2.75) is 64.8 Å². The number of hydrogen-bond donors (Lipinski definition) is 0. The largest absolute Gasteiger partial charge is 0.382 e. The molecule has 0 heterocycles. The van der Waals surface area contributed by atoms with E-state index < -0.39 is 15.4 Å². The van der Waals surface area contributed by atoms with Crippen LogP contribution < -0.4 is 4.18 Å². The Balaban J connectivity index is 2.23. The van der Waals surface area contributed by atoms with E-state index in [4.69, 9.17) is 4.18 Å². The first-order valence-corrected chi connectivity index (χ1v) is 10.0. The van der Waals surface area contributed by atoms with Crippen LogP contribution in [-0.4, -0.2) is 30.5 Å². The number of hydrogen-bond acceptors (Lipinski definition) is 4. The van der Waals surface area contributed by atoms with Crippen LogP contribution in [0, 0.1) is 5.92 Å². The minimum Gasteiger partial charge on any atom is -0.382 e. The van der Waals surface area contributed by atoms with Crippen LogP contribution in [0.4, 0.5) is 0 Å². The van der Waals surface area contributed by atoms with Crippen LogP contribution in [-0.2, 0) is 21.5 Å². The molecule has 1 aliphatic rings. The lowest BCUT2D eigenvalue weighted by Gasteiger charge is -2.34. The van der Waals surface area contributed by atoms with Crippen molar-refractivity contribution >= 4 is 16.0 Å². The summed E-state index contributed by atoms with van der Waals surface area (Å²) in [6.07, 6.45) is 3.00. The average Bonchev–Trinajstić information content (AvgIpc) is 2.43. The fourth-order valence-corrected chi connectivity index (χ4v) is 3.13. The van der Waals surface area contributed by atoms with Gasteiger partial charge in [-0.15, -0.1) is 0 Å². The van der Waals surface area contributed by atoms with Crippen molar-refractivity contribution in [3.63, 3.8) is 0 Å². The Labute approximate surface area is 145 Å². The Bertz CT molecular complexity index is 678. The van der Waals surface area contributed by atoms with Gasteiger partial charge in [0.15, 0.2) is 0 Å². The highest BCUT2D eigenvalue weighted by Gasteiger charge is 2.31. The summed E-state index contributed by atoms with van der Waals surface area (Å²) in [5.41, 5.74) is 0.711. The van der Waals surface area contributed by atoms with Gasteiger partial charge in [-0.3, -0.25) is 4.79 Å². The lowest BCUT2D eigenvalue weighted by atomic mass is 9.84. The van der Waals surface area contributed by atoms with E-state index in [0.717, 1.165) is 19.3 Å². The number of para-hydroxylation sites is 1. The first-order chi connectivity index (χ1) is 11.2. The molecular weight excluding hydrogens is 326 g/mol. The molecule has 2 rings (SSSR count). The summed E-state index contributed by atoms with van der Waals surface area (Å²) >= 11 is 0. The third kappa shape index (κ3) is 4.29. The van der Waals surface area contributed by atoms with Gasteiger partial charge >= 0.3 is 10.1 Å². The number of carbonyl (C=O) groups excluding carboxylic acids is 1. The zero-order chi connectivity index (χ0) is 17.9. The van der Waals surface area contributed by atoms with E-state index in [-0.39, 0.29) is 17.9 Å². The van der Waals surface area contributed by atoms with Crippen molar-refractivity contribution in [1.82, 2.24) is 4.90 Å². The third-order valence-corrected chi connectivity index (χ3v) is 6.02. The SMILES string of the molecule is CC(C)N(Cc1ccccc1OS(=O)(=O)C(C)C)C(=O)C1CCC1. The van der Waals surface area contributed by atoms with Crippen LogP contribution in [0.2, 0.25) is 0 Å². The van der Waals surface area contributed by atoms with E-state index in [9.17, 15) is 13.2 Å². The molecule has 0 N–H and O–H groups in total. The smallest absolute Gasteiger partial charge is 0.311 e. The van der Waals surface area contributed by atoms with Crippen molar-refractivity contribution in [1.29, 1.82) is 0 Å². The van der Waals surface area contributed by atoms with Gasteiger partial charge in [-0.05, 0) is 46.6 Å². The Morgan fingerprint density at radius 3 is 2.33 bits per heavy atom. The first-order valence-electron chi connectivity index (χ1n) is 8.54. The summed E-state index contributed by atoms with van der Waals surface area (Å²) in [6, 6.07) is 7.07. The van der Waals surface area contributed by atoms with Crippen LogP contribution in [0.15, 0.2) is 24.3 Å². The molecule has 1 fully saturated rings. The number of nitrogens with zero attached hydrogens (tertiary/aromatic N) is 1. The lowest BCUT2D eigenvalue weighted by molar-refractivity contribution is -0.140. The standard InChI is InChI=1S/C18H27NO4S/c1-13(2)19(18(20)15-9-7-10-15)12-16-8-5-6-11-17(16)23-24(21,22)14(3)4/h5-6,8,11,13-15H,7,9-10,12H2,1-4H3. The van der Waals surface area contributed by atoms with Gasteiger partial charge in [0, 0.05) is 24.1 Å². The molecule has 5 nitrogen and oxygen atoms in total. The Hall–Kier alpha value is -1.56. The predicted molar refractivity (Wildman–Crippen MR) is 94.2 cm³/mol. The lowest BCUT2D eigenvalue weighted by Crippen LogP contribution is -2.42. The summed E-state index contributed by atoms with van der Waals surface area (Å²) in [5, 5.41) is -0.622. The molecule has 0 radical (unpaired) electrons. The molecule has 0 bridgehead atoms. The molecule has 0 aliphatic heterocycles. The fourth-order valence-electron chi connectivity index (χ4n) is 2.53. The monoisotopic (exact) mass is 353 g/mol. The van der Waals surface area contributed by atoms with E-state index in [2.05, 4.69) is 0 Å². The number of carbonyl (C=O) groups is 1. The molecule has 0 saturated heterocycles. The predicted octanol–water partition coefficient (Wildman–Crippen LogP) is 3.34. The van der Waals surface area contributed by atoms with Gasteiger partial charge in [-0.1, -0.05) is 24.6 Å². The van der Waals surface area contributed by atoms with Gasteiger partial charge in [0.25, 0.3) is 0 Å². The van der Waals surface area contributed by atoms with Crippen molar-refractivity contribution in [3.8, 4) is 5.75 Å². The van der Waals surface area contributed by atoms with E-state index >= 15 is 0 Å². The van der Waals surface area contributed by atoms with Crippen LogP contribution in [0.1, 0.15) is 52.5 Å². The number of rotatable bonds is 7. The molecule has 6 heteroatoms. The van der Waals surface area contributed by atoms with Crippen molar-refractivity contribution in [2.75, 3.05) is 0 Å². The average molecular weight is 353 g/mol. The molecule has 1 aromatic rings. The summed E-state index contributed by atoms with van der Waals surface area (Å²) < 4.78 is 29.4. The van der Waals surface area contributed by atoms with Crippen molar-refractivity contribution in [2.24, 2.45) is 5.92 Å². The zero-order valence-electron chi connectivity index (χ0n) is 14.9. The van der Waals surface area contributed by atoms with E-state index in [1.54, 1.807) is 26.0 Å². The molecule has 134 valence electrons. The first kappa shape index (κ1) is 18.8. The Morgan fingerprint density at radius 1 is 1.21 bits per heavy atom. The summed E-state index contributed by atoms with van der Waals surface area (Å²) in [6.45, 7) is 7.48. The number of amides is 1. The molecular formula is C18H27NO4S. The minimum atomic E-state index is -3.66.